The second-order valence-electron chi connectivity index (χ2n) is 4.28. The molecule has 1 aliphatic rings. The van der Waals surface area contributed by atoms with Gasteiger partial charge in [-0.25, -0.2) is 0 Å². The van der Waals surface area contributed by atoms with Crippen molar-refractivity contribution in [3.05, 3.63) is 29.8 Å². The van der Waals surface area contributed by atoms with E-state index in [0.717, 1.165) is 23.3 Å². The second kappa shape index (κ2) is 5.09. The van der Waals surface area contributed by atoms with E-state index >= 15 is 0 Å². The molecule has 0 saturated carbocycles. The minimum Gasteiger partial charge on any atom is -0.612 e. The Balaban J connectivity index is 2.29. The van der Waals surface area contributed by atoms with Gasteiger partial charge in [0.05, 0.1) is 11.5 Å². The summed E-state index contributed by atoms with van der Waals surface area (Å²) in [4.78, 5) is 0.800. The van der Waals surface area contributed by atoms with Crippen molar-refractivity contribution in [1.29, 1.82) is 5.26 Å². The number of nitriles is 1. The van der Waals surface area contributed by atoms with Crippen LogP contribution in [0, 0.1) is 11.3 Å². The molecule has 3 nitrogen and oxygen atoms in total. The lowest BCUT2D eigenvalue weighted by Crippen LogP contribution is -2.32. The van der Waals surface area contributed by atoms with Crippen molar-refractivity contribution in [3.63, 3.8) is 0 Å². The van der Waals surface area contributed by atoms with Crippen molar-refractivity contribution in [1.82, 2.24) is 0 Å². The van der Waals surface area contributed by atoms with Crippen molar-refractivity contribution in [2.24, 2.45) is 0 Å². The van der Waals surface area contributed by atoms with Crippen molar-refractivity contribution in [2.45, 2.75) is 23.2 Å². The Morgan fingerprint density at radius 2 is 1.88 bits per heavy atom. The van der Waals surface area contributed by atoms with E-state index in [1.54, 1.807) is 6.26 Å². The van der Waals surface area contributed by atoms with E-state index in [9.17, 15) is 9.81 Å². The first-order valence-electron chi connectivity index (χ1n) is 5.61. The lowest BCUT2D eigenvalue weighted by atomic mass is 9.75. The fourth-order valence-corrected chi connectivity index (χ4v) is 2.67. The summed E-state index contributed by atoms with van der Waals surface area (Å²) >= 11 is -0.965. The summed E-state index contributed by atoms with van der Waals surface area (Å²) in [5.41, 5.74) is 0.587. The van der Waals surface area contributed by atoms with Gasteiger partial charge in [0.25, 0.3) is 0 Å². The first-order valence-corrected chi connectivity index (χ1v) is 7.17. The predicted molar refractivity (Wildman–Crippen MR) is 66.1 cm³/mol. The zero-order chi connectivity index (χ0) is 12.3. The van der Waals surface area contributed by atoms with Gasteiger partial charge >= 0.3 is 0 Å². The zero-order valence-electron chi connectivity index (χ0n) is 9.81. The van der Waals surface area contributed by atoms with Crippen LogP contribution in [0.4, 0.5) is 0 Å². The number of hydrogen-bond donors (Lipinski definition) is 0. The van der Waals surface area contributed by atoms with Gasteiger partial charge in [-0.3, -0.25) is 0 Å². The van der Waals surface area contributed by atoms with Crippen LogP contribution in [0.3, 0.4) is 0 Å². The molecule has 0 spiro atoms. The van der Waals surface area contributed by atoms with E-state index in [1.165, 1.54) is 0 Å². The highest BCUT2D eigenvalue weighted by Crippen LogP contribution is 2.34. The first kappa shape index (κ1) is 12.4. The maximum absolute atomic E-state index is 11.3. The predicted octanol–water partition coefficient (Wildman–Crippen LogP) is 2.00. The largest absolute Gasteiger partial charge is 0.612 e. The molecule has 0 bridgehead atoms. The van der Waals surface area contributed by atoms with Gasteiger partial charge in [-0.2, -0.15) is 5.26 Å². The normalized spacial score (nSPS) is 20.5. The van der Waals surface area contributed by atoms with Crippen LogP contribution < -0.4 is 0 Å². The molecule has 0 aliphatic carbocycles. The van der Waals surface area contributed by atoms with Crippen LogP contribution in [0.25, 0.3) is 0 Å². The van der Waals surface area contributed by atoms with E-state index in [4.69, 9.17) is 4.74 Å². The molecule has 0 N–H and O–H groups in total. The highest BCUT2D eigenvalue weighted by atomic mass is 32.2. The quantitative estimate of drug-likeness (QED) is 0.753. The van der Waals surface area contributed by atoms with Crippen molar-refractivity contribution in [2.75, 3.05) is 19.5 Å². The van der Waals surface area contributed by atoms with Crippen LogP contribution in [-0.2, 0) is 21.3 Å². The molecule has 1 aromatic rings. The van der Waals surface area contributed by atoms with Gasteiger partial charge in [0.1, 0.15) is 6.26 Å². The Kier molecular flexibility index (Phi) is 3.72. The molecule has 1 heterocycles. The summed E-state index contributed by atoms with van der Waals surface area (Å²) in [5.74, 6) is 0. The molecule has 1 fully saturated rings. The summed E-state index contributed by atoms with van der Waals surface area (Å²) in [5, 5.41) is 9.41. The highest BCUT2D eigenvalue weighted by molar-refractivity contribution is 7.90. The molecule has 4 heteroatoms. The lowest BCUT2D eigenvalue weighted by Gasteiger charge is -2.31. The van der Waals surface area contributed by atoms with Crippen LogP contribution >= 0.6 is 0 Å². The molecule has 1 atom stereocenters. The average molecular weight is 249 g/mol. The van der Waals surface area contributed by atoms with Gasteiger partial charge in [0.15, 0.2) is 4.90 Å². The number of hydrogen-bond acceptors (Lipinski definition) is 3. The lowest BCUT2D eigenvalue weighted by molar-refractivity contribution is 0.0675. The molecule has 90 valence electrons. The SMILES string of the molecule is C[S+]([O-])c1ccc(C2(C#N)CCOCC2)cc1. The molecule has 2 rings (SSSR count). The maximum Gasteiger partial charge on any atom is 0.152 e. The number of nitrogens with zero attached hydrogens (tertiary/aromatic N) is 1. The second-order valence-corrected chi connectivity index (χ2v) is 5.66. The van der Waals surface area contributed by atoms with Crippen LogP contribution in [0.2, 0.25) is 0 Å². The monoisotopic (exact) mass is 249 g/mol. The summed E-state index contributed by atoms with van der Waals surface area (Å²) in [7, 11) is 0. The van der Waals surface area contributed by atoms with E-state index in [0.29, 0.717) is 13.2 Å². The molecule has 0 amide bonds. The third-order valence-electron chi connectivity index (χ3n) is 3.30. The van der Waals surface area contributed by atoms with Gasteiger partial charge < -0.3 is 9.29 Å². The van der Waals surface area contributed by atoms with E-state index in [-0.39, 0.29) is 0 Å². The summed E-state index contributed by atoms with van der Waals surface area (Å²) in [6, 6.07) is 9.96. The van der Waals surface area contributed by atoms with Gasteiger partial charge in [0, 0.05) is 13.2 Å². The summed E-state index contributed by atoms with van der Waals surface area (Å²) in [6.45, 7) is 1.27. The average Bonchev–Trinajstić information content (AvgIpc) is 2.39. The topological polar surface area (TPSA) is 56.1 Å². The third kappa shape index (κ3) is 2.47. The van der Waals surface area contributed by atoms with Gasteiger partial charge in [-0.05, 0) is 41.7 Å². The number of rotatable bonds is 2. The third-order valence-corrected chi connectivity index (χ3v) is 4.24. The van der Waals surface area contributed by atoms with E-state index < -0.39 is 16.6 Å². The van der Waals surface area contributed by atoms with E-state index in [2.05, 4.69) is 6.07 Å². The smallest absolute Gasteiger partial charge is 0.152 e. The fourth-order valence-electron chi connectivity index (χ4n) is 2.15. The zero-order valence-corrected chi connectivity index (χ0v) is 10.6. The molecular weight excluding hydrogens is 234 g/mol. The molecule has 1 aliphatic heterocycles. The molecule has 17 heavy (non-hydrogen) atoms. The Morgan fingerprint density at radius 3 is 2.35 bits per heavy atom. The van der Waals surface area contributed by atoms with Gasteiger partial charge in [-0.1, -0.05) is 12.1 Å². The molecule has 1 saturated heterocycles. The fraction of sp³-hybridized carbons (Fsp3) is 0.462. The van der Waals surface area contributed by atoms with Crippen molar-refractivity contribution >= 4 is 11.2 Å². The Morgan fingerprint density at radius 1 is 1.29 bits per heavy atom. The maximum atomic E-state index is 11.3. The summed E-state index contributed by atoms with van der Waals surface area (Å²) < 4.78 is 16.6. The molecule has 0 aromatic heterocycles. The van der Waals surface area contributed by atoms with E-state index in [1.807, 2.05) is 24.3 Å². The molecule has 0 radical (unpaired) electrons. The molecule has 1 aromatic carbocycles. The Hall–Kier alpha value is -1.02. The molecule has 1 unspecified atom stereocenters. The Bertz CT molecular complexity index is 416. The minimum absolute atomic E-state index is 0.425. The van der Waals surface area contributed by atoms with Crippen LogP contribution in [-0.4, -0.2) is 24.0 Å². The van der Waals surface area contributed by atoms with Crippen molar-refractivity contribution in [3.8, 4) is 6.07 Å². The highest BCUT2D eigenvalue weighted by Gasteiger charge is 2.34. The van der Waals surface area contributed by atoms with Crippen LogP contribution in [0.15, 0.2) is 29.2 Å². The van der Waals surface area contributed by atoms with Crippen LogP contribution in [0.1, 0.15) is 18.4 Å². The number of benzene rings is 1. The Labute approximate surface area is 105 Å². The molecular formula is C13H15NO2S. The standard InChI is InChI=1S/C13H15NO2S/c1-17(15)12-4-2-11(3-5-12)13(10-14)6-8-16-9-7-13/h2-5H,6-9H2,1H3. The first-order chi connectivity index (χ1) is 8.18. The minimum atomic E-state index is -0.965. The van der Waals surface area contributed by atoms with Gasteiger partial charge in [-0.15, -0.1) is 0 Å². The number of ether oxygens (including phenoxy) is 1. The van der Waals surface area contributed by atoms with Gasteiger partial charge in [0.2, 0.25) is 0 Å². The summed E-state index contributed by atoms with van der Waals surface area (Å²) in [6.07, 6.45) is 3.12. The van der Waals surface area contributed by atoms with Crippen LogP contribution in [0.5, 0.6) is 0 Å². The van der Waals surface area contributed by atoms with Crippen molar-refractivity contribution < 1.29 is 9.29 Å².